The molecule has 0 spiro atoms. The zero-order chi connectivity index (χ0) is 21.4. The van der Waals surface area contributed by atoms with Crippen molar-refractivity contribution in [2.75, 3.05) is 13.1 Å². The summed E-state index contributed by atoms with van der Waals surface area (Å²) in [6.45, 7) is 7.21. The number of hydrogen-bond donors (Lipinski definition) is 0. The van der Waals surface area contributed by atoms with E-state index in [1.54, 1.807) is 6.08 Å². The minimum atomic E-state index is -0.359. The summed E-state index contributed by atoms with van der Waals surface area (Å²) in [6, 6.07) is 13.8. The topological polar surface area (TPSA) is 58.7 Å². The summed E-state index contributed by atoms with van der Waals surface area (Å²) < 4.78 is 8.10. The molecule has 0 aliphatic carbocycles. The van der Waals surface area contributed by atoms with E-state index in [4.69, 9.17) is 16.6 Å². The number of fused-ring (bicyclic) bond motifs is 1. The van der Waals surface area contributed by atoms with Crippen molar-refractivity contribution in [3.63, 3.8) is 0 Å². The molecule has 0 unspecified atom stereocenters. The van der Waals surface area contributed by atoms with Gasteiger partial charge in [-0.1, -0.05) is 30.3 Å². The van der Waals surface area contributed by atoms with E-state index in [1.807, 2.05) is 67.8 Å². The Morgan fingerprint density at radius 3 is 2.13 bits per heavy atom. The van der Waals surface area contributed by atoms with Crippen LogP contribution >= 0.6 is 12.2 Å². The summed E-state index contributed by atoms with van der Waals surface area (Å²) >= 11 is 5.33. The average molecular weight is 422 g/mol. The molecule has 3 aromatic rings. The van der Waals surface area contributed by atoms with Crippen LogP contribution in [0.15, 0.2) is 52.5 Å². The number of hydrogen-bond acceptors (Lipinski definition) is 4. The lowest BCUT2D eigenvalue weighted by atomic mass is 10.1. The molecule has 7 heteroatoms. The second-order valence-corrected chi connectivity index (χ2v) is 7.34. The van der Waals surface area contributed by atoms with Crippen molar-refractivity contribution in [3.8, 4) is 11.3 Å². The summed E-state index contributed by atoms with van der Waals surface area (Å²) in [4.78, 5) is 28.8. The van der Waals surface area contributed by atoms with Crippen LogP contribution in [-0.2, 0) is 16.1 Å². The molecule has 0 radical (unpaired) electrons. The van der Waals surface area contributed by atoms with Gasteiger partial charge in [-0.2, -0.15) is 0 Å². The normalized spacial score (nSPS) is 14.9. The molecular weight excluding hydrogens is 398 g/mol. The van der Waals surface area contributed by atoms with Crippen LogP contribution in [0.5, 0.6) is 0 Å². The number of nitrogens with zero attached hydrogens (tertiary/aromatic N) is 3. The van der Waals surface area contributed by atoms with E-state index in [2.05, 4.69) is 0 Å². The minimum absolute atomic E-state index is 0.116. The first kappa shape index (κ1) is 20.1. The molecule has 1 saturated heterocycles. The summed E-state index contributed by atoms with van der Waals surface area (Å²) in [7, 11) is 0. The zero-order valence-electron chi connectivity index (χ0n) is 17.2. The summed E-state index contributed by atoms with van der Waals surface area (Å²) in [5.41, 5.74) is 3.51. The highest BCUT2D eigenvalue weighted by atomic mass is 32.1. The van der Waals surface area contributed by atoms with E-state index in [0.29, 0.717) is 25.2 Å². The molecule has 2 aromatic heterocycles. The molecule has 1 aliphatic rings. The van der Waals surface area contributed by atoms with Crippen molar-refractivity contribution in [2.24, 2.45) is 0 Å². The maximum absolute atomic E-state index is 12.9. The molecule has 1 aromatic carbocycles. The van der Waals surface area contributed by atoms with Crippen LogP contribution < -0.4 is 0 Å². The fourth-order valence-electron chi connectivity index (χ4n) is 3.81. The fraction of sp³-hybridized carbons (Fsp3) is 0.261. The maximum Gasteiger partial charge on any atom is 0.265 e. The first-order valence-corrected chi connectivity index (χ1v) is 10.5. The Bertz CT molecular complexity index is 1150. The third-order valence-corrected chi connectivity index (χ3v) is 5.77. The predicted molar refractivity (Wildman–Crippen MR) is 121 cm³/mol. The summed E-state index contributed by atoms with van der Waals surface area (Å²) in [6.07, 6.45) is 1.65. The number of rotatable bonds is 5. The van der Waals surface area contributed by atoms with Gasteiger partial charge < -0.3 is 8.98 Å². The van der Waals surface area contributed by atoms with E-state index in [0.717, 1.165) is 22.5 Å². The van der Waals surface area contributed by atoms with Crippen LogP contribution in [0.25, 0.3) is 28.5 Å². The van der Waals surface area contributed by atoms with Gasteiger partial charge in [-0.3, -0.25) is 19.4 Å². The van der Waals surface area contributed by atoms with Gasteiger partial charge in [0.1, 0.15) is 11.3 Å². The Morgan fingerprint density at radius 2 is 1.57 bits per heavy atom. The molecule has 4 rings (SSSR count). The van der Waals surface area contributed by atoms with Gasteiger partial charge in [-0.15, -0.1) is 0 Å². The van der Waals surface area contributed by atoms with Crippen LogP contribution in [0.1, 0.15) is 26.5 Å². The van der Waals surface area contributed by atoms with Crippen LogP contribution in [0, 0.1) is 0 Å². The predicted octanol–water partition coefficient (Wildman–Crippen LogP) is 4.30. The van der Waals surface area contributed by atoms with E-state index < -0.39 is 0 Å². The number of aromatic nitrogens is 1. The van der Waals surface area contributed by atoms with E-state index >= 15 is 0 Å². The average Bonchev–Trinajstić information content (AvgIpc) is 3.30. The summed E-state index contributed by atoms with van der Waals surface area (Å²) in [5.74, 6) is 0.0665. The molecule has 6 nitrogen and oxygen atoms in total. The van der Waals surface area contributed by atoms with Gasteiger partial charge in [0.25, 0.3) is 11.8 Å². The molecule has 0 bridgehead atoms. The number of amides is 2. The number of likely N-dealkylation sites (N-methyl/N-ethyl adjacent to an activating group) is 2. The Morgan fingerprint density at radius 1 is 0.933 bits per heavy atom. The molecule has 1 aliphatic heterocycles. The number of aryl methyl sites for hydroxylation is 1. The first-order valence-electron chi connectivity index (χ1n) is 10.1. The molecule has 1 fully saturated rings. The van der Waals surface area contributed by atoms with Gasteiger partial charge in [0.15, 0.2) is 10.7 Å². The monoisotopic (exact) mass is 421 g/mol. The highest BCUT2D eigenvalue weighted by molar-refractivity contribution is 7.80. The van der Waals surface area contributed by atoms with Gasteiger partial charge in [-0.25, -0.2) is 0 Å². The number of thiocarbonyl (C=S) groups is 1. The standard InChI is InChI=1S/C23H23N3O3S/c1-4-24-16(12-17-21(27)25(5-2)23(30)26(6-3)22(17)28)13-20-18(24)14-19(29-20)15-10-8-7-9-11-15/h7-14H,4-6H2,1-3H3. The van der Waals surface area contributed by atoms with Gasteiger partial charge >= 0.3 is 0 Å². The molecule has 0 N–H and O–H groups in total. The van der Waals surface area contributed by atoms with Crippen molar-refractivity contribution in [1.82, 2.24) is 14.4 Å². The lowest BCUT2D eigenvalue weighted by Crippen LogP contribution is -2.55. The molecule has 3 heterocycles. The lowest BCUT2D eigenvalue weighted by Gasteiger charge is -2.35. The maximum atomic E-state index is 12.9. The largest absolute Gasteiger partial charge is 0.454 e. The molecule has 2 amide bonds. The Labute approximate surface area is 180 Å². The van der Waals surface area contributed by atoms with Crippen molar-refractivity contribution in [2.45, 2.75) is 27.3 Å². The number of benzene rings is 1. The minimum Gasteiger partial charge on any atom is -0.454 e. The molecule has 0 atom stereocenters. The zero-order valence-corrected chi connectivity index (χ0v) is 18.0. The van der Waals surface area contributed by atoms with E-state index in [9.17, 15) is 9.59 Å². The van der Waals surface area contributed by atoms with Crippen molar-refractivity contribution in [1.29, 1.82) is 0 Å². The molecular formula is C23H23N3O3S. The van der Waals surface area contributed by atoms with Crippen LogP contribution in [0.3, 0.4) is 0 Å². The second kappa shape index (κ2) is 7.91. The third-order valence-electron chi connectivity index (χ3n) is 5.33. The fourth-order valence-corrected chi connectivity index (χ4v) is 4.23. The Balaban J connectivity index is 1.79. The van der Waals surface area contributed by atoms with Crippen LogP contribution in [0.4, 0.5) is 0 Å². The van der Waals surface area contributed by atoms with Gasteiger partial charge in [0.05, 0.1) is 5.52 Å². The van der Waals surface area contributed by atoms with Crippen molar-refractivity contribution in [3.05, 3.63) is 53.7 Å². The van der Waals surface area contributed by atoms with Crippen LogP contribution in [0.2, 0.25) is 0 Å². The molecule has 30 heavy (non-hydrogen) atoms. The lowest BCUT2D eigenvalue weighted by molar-refractivity contribution is -0.133. The Kier molecular flexibility index (Phi) is 5.30. The van der Waals surface area contributed by atoms with Gasteiger partial charge in [0.2, 0.25) is 0 Å². The van der Waals surface area contributed by atoms with Crippen molar-refractivity contribution >= 4 is 46.3 Å². The highest BCUT2D eigenvalue weighted by Gasteiger charge is 2.38. The molecule has 154 valence electrons. The molecule has 0 saturated carbocycles. The quantitative estimate of drug-likeness (QED) is 0.350. The first-order chi connectivity index (χ1) is 14.5. The van der Waals surface area contributed by atoms with Gasteiger partial charge in [-0.05, 0) is 39.1 Å². The smallest absolute Gasteiger partial charge is 0.265 e. The SMILES string of the molecule is CCN1C(=O)C(=Cc2cc3oc(-c4ccccc4)cc3n2CC)C(=O)N(CC)C1=S. The third kappa shape index (κ3) is 3.15. The van der Waals surface area contributed by atoms with Crippen molar-refractivity contribution < 1.29 is 14.0 Å². The number of carbonyl (C=O) groups is 2. The summed E-state index contributed by atoms with van der Waals surface area (Å²) in [5, 5.41) is 0.263. The second-order valence-electron chi connectivity index (χ2n) is 6.98. The highest BCUT2D eigenvalue weighted by Crippen LogP contribution is 2.31. The van der Waals surface area contributed by atoms with E-state index in [1.165, 1.54) is 9.80 Å². The van der Waals surface area contributed by atoms with E-state index in [-0.39, 0.29) is 22.5 Å². The number of furan rings is 1. The number of carbonyl (C=O) groups excluding carboxylic acids is 2. The Hall–Kier alpha value is -3.19. The van der Waals surface area contributed by atoms with Gasteiger partial charge in [0, 0.05) is 43.0 Å². The van der Waals surface area contributed by atoms with Crippen LogP contribution in [-0.4, -0.2) is 44.4 Å².